The van der Waals surface area contributed by atoms with Gasteiger partial charge in [0.1, 0.15) is 5.65 Å². The Morgan fingerprint density at radius 1 is 1.17 bits per heavy atom. The second-order valence-corrected chi connectivity index (χ2v) is 9.66. The van der Waals surface area contributed by atoms with Crippen molar-refractivity contribution in [2.24, 2.45) is 0 Å². The molecule has 1 saturated heterocycles. The largest absolute Gasteiger partial charge is 0.367 e. The van der Waals surface area contributed by atoms with Crippen molar-refractivity contribution >= 4 is 25.4 Å². The Morgan fingerprint density at radius 3 is 2.76 bits per heavy atom. The molecule has 5 heterocycles. The number of rotatable bonds is 2. The molecule has 1 amide bonds. The molecule has 4 atom stereocenters. The smallest absolute Gasteiger partial charge is 0.252 e. The van der Waals surface area contributed by atoms with Crippen LogP contribution in [0.3, 0.4) is 0 Å². The molecule has 1 fully saturated rings. The number of aryl methyl sites for hydroxylation is 1. The molecular weight excluding hydrogens is 381 g/mol. The molecular formula is C22H26N5OP. The Kier molecular flexibility index (Phi) is 4.56. The highest BCUT2D eigenvalue weighted by Gasteiger charge is 2.31. The van der Waals surface area contributed by atoms with E-state index in [1.807, 2.05) is 34.7 Å². The predicted molar refractivity (Wildman–Crippen MR) is 118 cm³/mol. The van der Waals surface area contributed by atoms with E-state index in [-0.39, 0.29) is 11.7 Å². The van der Waals surface area contributed by atoms with Gasteiger partial charge in [-0.1, -0.05) is 14.7 Å². The van der Waals surface area contributed by atoms with Gasteiger partial charge in [0.2, 0.25) is 0 Å². The lowest BCUT2D eigenvalue weighted by Gasteiger charge is -2.41. The number of carbonyl (C=O) groups excluding carboxylic acids is 1. The fourth-order valence-corrected chi connectivity index (χ4v) is 5.81. The maximum atomic E-state index is 13.0. The molecule has 3 unspecified atom stereocenters. The van der Waals surface area contributed by atoms with Gasteiger partial charge in [-0.2, -0.15) is 0 Å². The molecule has 1 N–H and O–H groups in total. The van der Waals surface area contributed by atoms with Crippen molar-refractivity contribution in [3.05, 3.63) is 65.9 Å². The summed E-state index contributed by atoms with van der Waals surface area (Å²) in [7, 11) is 0.523. The van der Waals surface area contributed by atoms with Gasteiger partial charge in [-0.25, -0.2) is 4.98 Å². The van der Waals surface area contributed by atoms with E-state index in [9.17, 15) is 4.79 Å². The average Bonchev–Trinajstić information content (AvgIpc) is 3.06. The normalized spacial score (nSPS) is 28.0. The van der Waals surface area contributed by atoms with Gasteiger partial charge in [-0.3, -0.25) is 4.79 Å². The van der Waals surface area contributed by atoms with E-state index in [1.165, 1.54) is 0 Å². The monoisotopic (exact) mass is 407 g/mol. The standard InChI is InChI=1S/C22H26N5OP/c1-14-9-25(10-15(2)23-14)18-5-7-22-27(13-18)21(28)8-19(29-22)17-4-6-20-24-16(3)11-26(20)12-17/h4-8,11-15,22-23,29H,9-10H2,1-3H3/t14-,15?,22?/m0/s1. The number of imidazole rings is 1. The van der Waals surface area contributed by atoms with Crippen LogP contribution in [-0.4, -0.2) is 56.0 Å². The molecule has 29 heavy (non-hydrogen) atoms. The molecule has 0 bridgehead atoms. The summed E-state index contributed by atoms with van der Waals surface area (Å²) in [5.41, 5.74) is 4.15. The van der Waals surface area contributed by atoms with Gasteiger partial charge in [-0.05, 0) is 49.9 Å². The molecule has 0 saturated carbocycles. The van der Waals surface area contributed by atoms with Gasteiger partial charge in [0.15, 0.2) is 0 Å². The number of hydrogen-bond donors (Lipinski definition) is 1. The van der Waals surface area contributed by atoms with Crippen LogP contribution in [0.4, 0.5) is 0 Å². The number of aromatic nitrogens is 2. The van der Waals surface area contributed by atoms with E-state index in [1.54, 1.807) is 6.08 Å². The Labute approximate surface area is 172 Å². The zero-order chi connectivity index (χ0) is 20.1. The molecule has 3 aliphatic heterocycles. The Morgan fingerprint density at radius 2 is 1.97 bits per heavy atom. The number of carbonyl (C=O) groups is 1. The summed E-state index contributed by atoms with van der Waals surface area (Å²) in [6.07, 6.45) is 12.3. The van der Waals surface area contributed by atoms with Crippen molar-refractivity contribution in [1.29, 1.82) is 0 Å². The summed E-state index contributed by atoms with van der Waals surface area (Å²) in [6, 6.07) is 4.98. The summed E-state index contributed by atoms with van der Waals surface area (Å²) >= 11 is 0. The maximum absolute atomic E-state index is 13.0. The zero-order valence-corrected chi connectivity index (χ0v) is 18.0. The van der Waals surface area contributed by atoms with Crippen molar-refractivity contribution < 1.29 is 4.79 Å². The number of piperazine rings is 1. The van der Waals surface area contributed by atoms with Crippen LogP contribution in [0, 0.1) is 6.92 Å². The first kappa shape index (κ1) is 18.6. The minimum Gasteiger partial charge on any atom is -0.367 e. The van der Waals surface area contributed by atoms with Crippen LogP contribution in [0.1, 0.15) is 25.1 Å². The number of hydrogen-bond acceptors (Lipinski definition) is 4. The number of nitrogens with one attached hydrogen (secondary N) is 1. The highest BCUT2D eigenvalue weighted by atomic mass is 31.1. The molecule has 0 aromatic carbocycles. The second kappa shape index (κ2) is 7.12. The van der Waals surface area contributed by atoms with E-state index in [4.69, 9.17) is 0 Å². The van der Waals surface area contributed by atoms with Crippen LogP contribution in [0.5, 0.6) is 0 Å². The van der Waals surface area contributed by atoms with Crippen molar-refractivity contribution in [2.75, 3.05) is 13.1 Å². The minimum absolute atomic E-state index is 0.0590. The summed E-state index contributed by atoms with van der Waals surface area (Å²) in [4.78, 5) is 21.7. The van der Waals surface area contributed by atoms with E-state index in [0.29, 0.717) is 20.7 Å². The lowest BCUT2D eigenvalue weighted by molar-refractivity contribution is -0.123. The molecule has 0 radical (unpaired) electrons. The van der Waals surface area contributed by atoms with Crippen molar-refractivity contribution in [2.45, 2.75) is 38.6 Å². The van der Waals surface area contributed by atoms with Crippen LogP contribution >= 0.6 is 8.58 Å². The molecule has 0 aliphatic carbocycles. The minimum atomic E-state index is 0.0590. The summed E-state index contributed by atoms with van der Waals surface area (Å²) in [5, 5.41) is 4.67. The van der Waals surface area contributed by atoms with Crippen molar-refractivity contribution in [3.63, 3.8) is 0 Å². The number of nitrogens with zero attached hydrogens (tertiary/aromatic N) is 4. The van der Waals surface area contributed by atoms with Crippen LogP contribution in [-0.2, 0) is 4.79 Å². The molecule has 150 valence electrons. The first-order valence-electron chi connectivity index (χ1n) is 10.1. The van der Waals surface area contributed by atoms with Crippen molar-refractivity contribution in [3.8, 4) is 0 Å². The average molecular weight is 407 g/mol. The molecule has 5 rings (SSSR count). The Hall–Kier alpha value is -2.43. The number of fused-ring (bicyclic) bond motifs is 2. The zero-order valence-electron chi connectivity index (χ0n) is 17.0. The van der Waals surface area contributed by atoms with Crippen molar-refractivity contribution in [1.82, 2.24) is 24.5 Å². The predicted octanol–water partition coefficient (Wildman–Crippen LogP) is 2.92. The fourth-order valence-electron chi connectivity index (χ4n) is 4.43. The van der Waals surface area contributed by atoms with E-state index in [2.05, 4.69) is 53.5 Å². The summed E-state index contributed by atoms with van der Waals surface area (Å²) < 4.78 is 2.04. The Bertz CT molecular complexity index is 1060. The van der Waals surface area contributed by atoms with Gasteiger partial charge in [-0.15, -0.1) is 0 Å². The van der Waals surface area contributed by atoms with Crippen LogP contribution in [0.15, 0.2) is 54.7 Å². The van der Waals surface area contributed by atoms with Gasteiger partial charge < -0.3 is 19.5 Å². The lowest BCUT2D eigenvalue weighted by atomic mass is 10.1. The third-order valence-corrected chi connectivity index (χ3v) is 7.16. The van der Waals surface area contributed by atoms with Crippen LogP contribution in [0.2, 0.25) is 0 Å². The molecule has 0 spiro atoms. The van der Waals surface area contributed by atoms with E-state index >= 15 is 0 Å². The first-order valence-corrected chi connectivity index (χ1v) is 11.2. The lowest BCUT2D eigenvalue weighted by Crippen LogP contribution is -2.54. The quantitative estimate of drug-likeness (QED) is 0.778. The fraction of sp³-hybridized carbons (Fsp3) is 0.364. The van der Waals surface area contributed by atoms with Crippen LogP contribution in [0.25, 0.3) is 11.0 Å². The van der Waals surface area contributed by atoms with Crippen LogP contribution < -0.4 is 5.32 Å². The van der Waals surface area contributed by atoms with Gasteiger partial charge in [0.05, 0.1) is 17.2 Å². The molecule has 6 nitrogen and oxygen atoms in total. The van der Waals surface area contributed by atoms with E-state index < -0.39 is 0 Å². The third kappa shape index (κ3) is 3.52. The molecule has 3 aliphatic rings. The van der Waals surface area contributed by atoms with E-state index in [0.717, 1.165) is 41.0 Å². The topological polar surface area (TPSA) is 52.9 Å². The summed E-state index contributed by atoms with van der Waals surface area (Å²) in [5.74, 6) is 0.160. The number of pyridine rings is 1. The highest BCUT2D eigenvalue weighted by Crippen LogP contribution is 2.44. The first-order chi connectivity index (χ1) is 14.0. The van der Waals surface area contributed by atoms with Gasteiger partial charge in [0, 0.05) is 49.8 Å². The molecule has 7 heteroatoms. The molecule has 2 aromatic heterocycles. The number of amides is 1. The number of allylic oxidation sites excluding steroid dienone is 1. The van der Waals surface area contributed by atoms with Gasteiger partial charge in [0.25, 0.3) is 5.91 Å². The Balaban J connectivity index is 1.40. The SMILES string of the molecule is Cc1cn2cc(C3=CC(=O)N4C=C(N5CC(C)N[C@@H](C)C5)C=CC4P3)ccc2n1. The molecule has 2 aromatic rings. The third-order valence-electron chi connectivity index (χ3n) is 5.65. The maximum Gasteiger partial charge on any atom is 0.252 e. The second-order valence-electron chi connectivity index (χ2n) is 8.25. The van der Waals surface area contributed by atoms with Gasteiger partial charge >= 0.3 is 0 Å². The highest BCUT2D eigenvalue weighted by molar-refractivity contribution is 7.51. The summed E-state index contributed by atoms with van der Waals surface area (Å²) in [6.45, 7) is 8.33.